The molecule has 5 nitrogen and oxygen atoms in total. The van der Waals surface area contributed by atoms with Crippen LogP contribution in [0, 0.1) is 5.92 Å². The molecule has 1 atom stereocenters. The topological polar surface area (TPSA) is 79.3 Å². The van der Waals surface area contributed by atoms with Gasteiger partial charge in [-0.25, -0.2) is 4.98 Å². The van der Waals surface area contributed by atoms with Gasteiger partial charge in [-0.15, -0.1) is 11.3 Å². The molecule has 0 saturated carbocycles. The van der Waals surface area contributed by atoms with Crippen molar-refractivity contribution in [3.8, 4) is 0 Å². The molecular weight excluding hydrogens is 312 g/mol. The number of carbonyl (C=O) groups is 2. The van der Waals surface area contributed by atoms with Crippen LogP contribution in [-0.4, -0.2) is 28.5 Å². The zero-order valence-electron chi connectivity index (χ0n) is 13.0. The first-order valence-corrected chi connectivity index (χ1v) is 8.43. The van der Waals surface area contributed by atoms with Crippen molar-refractivity contribution in [3.63, 3.8) is 0 Å². The molecular formula is C17H20N2O3S. The van der Waals surface area contributed by atoms with Gasteiger partial charge in [-0.05, 0) is 18.4 Å². The average Bonchev–Trinajstić information content (AvgIpc) is 2.99. The number of benzene rings is 1. The molecule has 0 spiro atoms. The van der Waals surface area contributed by atoms with E-state index < -0.39 is 11.9 Å². The Morgan fingerprint density at radius 1 is 1.30 bits per heavy atom. The van der Waals surface area contributed by atoms with Crippen LogP contribution in [0.3, 0.4) is 0 Å². The Morgan fingerprint density at radius 3 is 2.65 bits per heavy atom. The van der Waals surface area contributed by atoms with Gasteiger partial charge in [0.25, 0.3) is 0 Å². The van der Waals surface area contributed by atoms with E-state index in [4.69, 9.17) is 0 Å². The Kier molecular flexibility index (Phi) is 6.29. The van der Waals surface area contributed by atoms with Crippen LogP contribution in [0.15, 0.2) is 35.7 Å². The largest absolute Gasteiger partial charge is 0.481 e. The molecule has 0 fully saturated rings. The lowest BCUT2D eigenvalue weighted by Gasteiger charge is -2.13. The number of amides is 1. The number of carbonyl (C=O) groups excluding carboxylic acids is 1. The fraction of sp³-hybridized carbons (Fsp3) is 0.353. The molecule has 2 N–H and O–H groups in total. The molecule has 0 saturated heterocycles. The summed E-state index contributed by atoms with van der Waals surface area (Å²) in [5.74, 6) is -1.74. The summed E-state index contributed by atoms with van der Waals surface area (Å²) in [6.45, 7) is 2.14. The molecule has 2 rings (SSSR count). The molecule has 0 radical (unpaired) electrons. The van der Waals surface area contributed by atoms with Crippen molar-refractivity contribution in [2.45, 2.75) is 26.2 Å². The summed E-state index contributed by atoms with van der Waals surface area (Å²) in [7, 11) is 0. The molecule has 1 aromatic carbocycles. The Labute approximate surface area is 139 Å². The van der Waals surface area contributed by atoms with Gasteiger partial charge >= 0.3 is 5.97 Å². The van der Waals surface area contributed by atoms with Gasteiger partial charge in [0.15, 0.2) is 0 Å². The third-order valence-corrected chi connectivity index (χ3v) is 4.51. The van der Waals surface area contributed by atoms with Gasteiger partial charge in [-0.3, -0.25) is 9.59 Å². The Morgan fingerprint density at radius 2 is 2.04 bits per heavy atom. The fourth-order valence-electron chi connectivity index (χ4n) is 2.20. The van der Waals surface area contributed by atoms with Gasteiger partial charge in [0.1, 0.15) is 0 Å². The summed E-state index contributed by atoms with van der Waals surface area (Å²) in [6, 6.07) is 9.42. The summed E-state index contributed by atoms with van der Waals surface area (Å²) in [5.41, 5.74) is 1.68. The number of carboxylic acid groups (broad SMARTS) is 1. The van der Waals surface area contributed by atoms with Gasteiger partial charge in [-0.2, -0.15) is 0 Å². The van der Waals surface area contributed by atoms with Crippen LogP contribution in [0.25, 0.3) is 0 Å². The summed E-state index contributed by atoms with van der Waals surface area (Å²) in [4.78, 5) is 27.6. The van der Waals surface area contributed by atoms with Crippen molar-refractivity contribution in [2.75, 3.05) is 6.54 Å². The van der Waals surface area contributed by atoms with Crippen LogP contribution in [0.1, 0.15) is 23.2 Å². The van der Waals surface area contributed by atoms with Crippen molar-refractivity contribution in [3.05, 3.63) is 52.0 Å². The van der Waals surface area contributed by atoms with Crippen molar-refractivity contribution in [1.82, 2.24) is 10.3 Å². The van der Waals surface area contributed by atoms with Crippen LogP contribution in [-0.2, 0) is 28.9 Å². The van der Waals surface area contributed by atoms with E-state index in [1.54, 1.807) is 0 Å². The number of hydrogen-bond acceptors (Lipinski definition) is 4. The second-order valence-corrected chi connectivity index (χ2v) is 6.23. The standard InChI is InChI=1S/C17H20N2O3S/c1-2-16-19-14(11-23-16)9-15(20)18-10-13(17(21)22)8-12-6-4-3-5-7-12/h3-7,11,13H,2,8-10H2,1H3,(H,18,20)(H,21,22). The molecule has 0 aliphatic rings. The van der Waals surface area contributed by atoms with Crippen LogP contribution >= 0.6 is 11.3 Å². The van der Waals surface area contributed by atoms with E-state index in [-0.39, 0.29) is 18.9 Å². The predicted octanol–water partition coefficient (Wildman–Crippen LogP) is 2.31. The zero-order valence-corrected chi connectivity index (χ0v) is 13.8. The number of aliphatic carboxylic acids is 1. The highest BCUT2D eigenvalue weighted by Gasteiger charge is 2.19. The van der Waals surface area contributed by atoms with Crippen LogP contribution in [0.5, 0.6) is 0 Å². The first-order valence-electron chi connectivity index (χ1n) is 7.55. The van der Waals surface area contributed by atoms with Crippen molar-refractivity contribution < 1.29 is 14.7 Å². The van der Waals surface area contributed by atoms with Crippen LogP contribution < -0.4 is 5.32 Å². The first kappa shape index (κ1) is 17.1. The average molecular weight is 332 g/mol. The molecule has 6 heteroatoms. The third kappa shape index (κ3) is 5.49. The molecule has 0 bridgehead atoms. The molecule has 122 valence electrons. The maximum atomic E-state index is 12.0. The first-order chi connectivity index (χ1) is 11.1. The van der Waals surface area contributed by atoms with E-state index in [0.29, 0.717) is 6.42 Å². The second-order valence-electron chi connectivity index (χ2n) is 5.29. The number of rotatable bonds is 8. The molecule has 1 aromatic heterocycles. The molecule has 0 aliphatic heterocycles. The van der Waals surface area contributed by atoms with E-state index in [1.165, 1.54) is 11.3 Å². The molecule has 1 unspecified atom stereocenters. The monoisotopic (exact) mass is 332 g/mol. The highest BCUT2D eigenvalue weighted by molar-refractivity contribution is 7.09. The Bertz CT molecular complexity index is 655. The molecule has 2 aromatic rings. The van der Waals surface area contributed by atoms with E-state index >= 15 is 0 Å². The minimum Gasteiger partial charge on any atom is -0.481 e. The van der Waals surface area contributed by atoms with E-state index in [2.05, 4.69) is 10.3 Å². The minimum absolute atomic E-state index is 0.119. The lowest BCUT2D eigenvalue weighted by Crippen LogP contribution is -2.35. The number of hydrogen-bond donors (Lipinski definition) is 2. The number of carboxylic acids is 1. The van der Waals surface area contributed by atoms with Crippen LogP contribution in [0.4, 0.5) is 0 Å². The smallest absolute Gasteiger partial charge is 0.308 e. The SMILES string of the molecule is CCc1nc(CC(=O)NCC(Cc2ccccc2)C(=O)O)cs1. The minimum atomic E-state index is -0.906. The number of thiazole rings is 1. The second kappa shape index (κ2) is 8.43. The summed E-state index contributed by atoms with van der Waals surface area (Å²) in [5, 5.41) is 14.9. The number of nitrogens with one attached hydrogen (secondary N) is 1. The van der Waals surface area contributed by atoms with E-state index in [9.17, 15) is 14.7 Å². The predicted molar refractivity (Wildman–Crippen MR) is 89.5 cm³/mol. The van der Waals surface area contributed by atoms with Crippen molar-refractivity contribution >= 4 is 23.2 Å². The van der Waals surface area contributed by atoms with E-state index in [0.717, 1.165) is 22.7 Å². The third-order valence-electron chi connectivity index (χ3n) is 3.46. The van der Waals surface area contributed by atoms with Gasteiger partial charge in [-0.1, -0.05) is 37.3 Å². The maximum Gasteiger partial charge on any atom is 0.308 e. The molecule has 0 aliphatic carbocycles. The van der Waals surface area contributed by atoms with Crippen molar-refractivity contribution in [2.24, 2.45) is 5.92 Å². The van der Waals surface area contributed by atoms with Gasteiger partial charge in [0, 0.05) is 11.9 Å². The highest BCUT2D eigenvalue weighted by atomic mass is 32.1. The Balaban J connectivity index is 1.85. The summed E-state index contributed by atoms with van der Waals surface area (Å²) < 4.78 is 0. The summed E-state index contributed by atoms with van der Waals surface area (Å²) in [6.07, 6.45) is 1.44. The highest BCUT2D eigenvalue weighted by Crippen LogP contribution is 2.11. The van der Waals surface area contributed by atoms with Crippen molar-refractivity contribution in [1.29, 1.82) is 0 Å². The van der Waals surface area contributed by atoms with Gasteiger partial charge < -0.3 is 10.4 Å². The van der Waals surface area contributed by atoms with Gasteiger partial charge in [0.2, 0.25) is 5.91 Å². The molecule has 1 heterocycles. The van der Waals surface area contributed by atoms with Gasteiger partial charge in [0.05, 0.1) is 23.0 Å². The fourth-order valence-corrected chi connectivity index (χ4v) is 2.95. The quantitative estimate of drug-likeness (QED) is 0.777. The number of nitrogens with zero attached hydrogens (tertiary/aromatic N) is 1. The van der Waals surface area contributed by atoms with Crippen LogP contribution in [0.2, 0.25) is 0 Å². The number of aryl methyl sites for hydroxylation is 1. The summed E-state index contributed by atoms with van der Waals surface area (Å²) >= 11 is 1.54. The lowest BCUT2D eigenvalue weighted by atomic mass is 9.99. The zero-order chi connectivity index (χ0) is 16.7. The maximum absolute atomic E-state index is 12.0. The normalized spacial score (nSPS) is 11.9. The molecule has 1 amide bonds. The number of aromatic nitrogens is 1. The molecule has 23 heavy (non-hydrogen) atoms. The van der Waals surface area contributed by atoms with E-state index in [1.807, 2.05) is 42.6 Å². The lowest BCUT2D eigenvalue weighted by molar-refractivity contribution is -0.141. The Hall–Kier alpha value is -2.21.